The van der Waals surface area contributed by atoms with E-state index in [-0.39, 0.29) is 6.42 Å². The van der Waals surface area contributed by atoms with Crippen molar-refractivity contribution in [2.24, 2.45) is 0 Å². The number of hydrogen-bond acceptors (Lipinski definition) is 3. The van der Waals surface area contributed by atoms with E-state index in [0.717, 1.165) is 0 Å². The molecule has 0 spiro atoms. The Morgan fingerprint density at radius 3 is 2.44 bits per heavy atom. The quantitative estimate of drug-likeness (QED) is 0.783. The third kappa shape index (κ3) is 3.13. The first-order chi connectivity index (χ1) is 7.58. The molecule has 0 unspecified atom stereocenters. The van der Waals surface area contributed by atoms with Gasteiger partial charge in [-0.1, -0.05) is 23.2 Å². The highest BCUT2D eigenvalue weighted by Crippen LogP contribution is 2.27. The van der Waals surface area contributed by atoms with Crippen molar-refractivity contribution in [3.8, 4) is 6.07 Å². The van der Waals surface area contributed by atoms with Gasteiger partial charge in [-0.3, -0.25) is 4.79 Å². The standard InChI is InChI=1S/C11H9Cl2NO2/c1-2-16-11(15)5-8-9(12)3-7(6-14)4-10(8)13/h3-4H,2,5H2,1H3. The second-order valence-electron chi connectivity index (χ2n) is 3.01. The highest BCUT2D eigenvalue weighted by molar-refractivity contribution is 6.36. The molecule has 0 fully saturated rings. The van der Waals surface area contributed by atoms with Gasteiger partial charge in [0.2, 0.25) is 0 Å². The summed E-state index contributed by atoms with van der Waals surface area (Å²) < 4.78 is 4.79. The maximum absolute atomic E-state index is 11.3. The summed E-state index contributed by atoms with van der Waals surface area (Å²) >= 11 is 11.8. The maximum Gasteiger partial charge on any atom is 0.310 e. The SMILES string of the molecule is CCOC(=O)Cc1c(Cl)cc(C#N)cc1Cl. The summed E-state index contributed by atoms with van der Waals surface area (Å²) in [7, 11) is 0. The highest BCUT2D eigenvalue weighted by atomic mass is 35.5. The molecule has 0 aromatic heterocycles. The zero-order chi connectivity index (χ0) is 12.1. The van der Waals surface area contributed by atoms with E-state index in [9.17, 15) is 4.79 Å². The Hall–Kier alpha value is -1.24. The Balaban J connectivity index is 2.98. The van der Waals surface area contributed by atoms with Crippen LogP contribution >= 0.6 is 23.2 Å². The minimum Gasteiger partial charge on any atom is -0.466 e. The van der Waals surface area contributed by atoms with Gasteiger partial charge in [0.1, 0.15) is 0 Å². The van der Waals surface area contributed by atoms with Gasteiger partial charge in [0.25, 0.3) is 0 Å². The van der Waals surface area contributed by atoms with Crippen LogP contribution in [0.2, 0.25) is 10.0 Å². The molecule has 16 heavy (non-hydrogen) atoms. The van der Waals surface area contributed by atoms with Crippen molar-refractivity contribution in [1.29, 1.82) is 5.26 Å². The van der Waals surface area contributed by atoms with E-state index < -0.39 is 5.97 Å². The monoisotopic (exact) mass is 257 g/mol. The molecule has 3 nitrogen and oxygen atoms in total. The average Bonchev–Trinajstić information content (AvgIpc) is 2.23. The maximum atomic E-state index is 11.3. The molecule has 1 aromatic carbocycles. The number of nitrogens with zero attached hydrogens (tertiary/aromatic N) is 1. The van der Waals surface area contributed by atoms with Crippen molar-refractivity contribution in [3.63, 3.8) is 0 Å². The van der Waals surface area contributed by atoms with Gasteiger partial charge in [0, 0.05) is 15.6 Å². The summed E-state index contributed by atoms with van der Waals surface area (Å²) in [6.07, 6.45) is 0.0111. The number of ether oxygens (including phenoxy) is 1. The number of nitriles is 1. The number of hydrogen-bond donors (Lipinski definition) is 0. The first-order valence-corrected chi connectivity index (χ1v) is 5.37. The first kappa shape index (κ1) is 12.8. The molecule has 0 aliphatic heterocycles. The van der Waals surface area contributed by atoms with Gasteiger partial charge in [0.15, 0.2) is 0 Å². The largest absolute Gasteiger partial charge is 0.466 e. The fourth-order valence-electron chi connectivity index (χ4n) is 1.19. The van der Waals surface area contributed by atoms with Crippen LogP contribution in [0.3, 0.4) is 0 Å². The van der Waals surface area contributed by atoms with Gasteiger partial charge in [-0.15, -0.1) is 0 Å². The second-order valence-corrected chi connectivity index (χ2v) is 3.83. The minimum absolute atomic E-state index is 0.0111. The summed E-state index contributed by atoms with van der Waals surface area (Å²) in [5.74, 6) is -0.393. The van der Waals surface area contributed by atoms with E-state index in [2.05, 4.69) is 0 Å². The fourth-order valence-corrected chi connectivity index (χ4v) is 1.81. The summed E-state index contributed by atoms with van der Waals surface area (Å²) in [5.41, 5.74) is 0.850. The lowest BCUT2D eigenvalue weighted by atomic mass is 10.1. The van der Waals surface area contributed by atoms with Crippen LogP contribution in [-0.2, 0) is 16.0 Å². The molecule has 5 heteroatoms. The van der Waals surface area contributed by atoms with Gasteiger partial charge >= 0.3 is 5.97 Å². The van der Waals surface area contributed by atoms with E-state index >= 15 is 0 Å². The normalized spacial score (nSPS) is 9.62. The molecule has 0 aliphatic rings. The number of carbonyl (C=O) groups excluding carboxylic acids is 1. The van der Waals surface area contributed by atoms with Crippen LogP contribution in [0, 0.1) is 11.3 Å². The van der Waals surface area contributed by atoms with Crippen molar-refractivity contribution in [2.45, 2.75) is 13.3 Å². The molecule has 0 atom stereocenters. The van der Waals surface area contributed by atoms with E-state index in [1.165, 1.54) is 12.1 Å². The molecule has 0 bridgehead atoms. The molecular formula is C11H9Cl2NO2. The van der Waals surface area contributed by atoms with Crippen LogP contribution in [0.4, 0.5) is 0 Å². The van der Waals surface area contributed by atoms with Crippen LogP contribution in [0.25, 0.3) is 0 Å². The predicted octanol–water partition coefficient (Wildman–Crippen LogP) is 2.97. The zero-order valence-corrected chi connectivity index (χ0v) is 10.1. The average molecular weight is 258 g/mol. The van der Waals surface area contributed by atoms with Crippen LogP contribution in [0.15, 0.2) is 12.1 Å². The van der Waals surface area contributed by atoms with Crippen molar-refractivity contribution < 1.29 is 9.53 Å². The number of esters is 1. The van der Waals surface area contributed by atoms with E-state index in [4.69, 9.17) is 33.2 Å². The Morgan fingerprint density at radius 1 is 1.44 bits per heavy atom. The Kier molecular flexibility index (Phi) is 4.60. The minimum atomic E-state index is -0.393. The van der Waals surface area contributed by atoms with Crippen LogP contribution < -0.4 is 0 Å². The first-order valence-electron chi connectivity index (χ1n) is 4.62. The topological polar surface area (TPSA) is 50.1 Å². The number of rotatable bonds is 3. The highest BCUT2D eigenvalue weighted by Gasteiger charge is 2.13. The van der Waals surface area contributed by atoms with Crippen molar-refractivity contribution >= 4 is 29.2 Å². The second kappa shape index (κ2) is 5.74. The lowest BCUT2D eigenvalue weighted by molar-refractivity contribution is -0.142. The third-order valence-corrected chi connectivity index (χ3v) is 2.57. The Morgan fingerprint density at radius 2 is 2.00 bits per heavy atom. The van der Waals surface area contributed by atoms with Crippen LogP contribution in [0.1, 0.15) is 18.1 Å². The fraction of sp³-hybridized carbons (Fsp3) is 0.273. The van der Waals surface area contributed by atoms with Gasteiger partial charge in [-0.05, 0) is 19.1 Å². The van der Waals surface area contributed by atoms with Gasteiger partial charge < -0.3 is 4.74 Å². The Labute approximate surface area is 104 Å². The molecule has 0 radical (unpaired) electrons. The van der Waals surface area contributed by atoms with E-state index in [1.54, 1.807) is 6.92 Å². The van der Waals surface area contributed by atoms with Crippen LogP contribution in [0.5, 0.6) is 0 Å². The van der Waals surface area contributed by atoms with Crippen molar-refractivity contribution in [2.75, 3.05) is 6.61 Å². The molecule has 0 saturated heterocycles. The smallest absolute Gasteiger partial charge is 0.310 e. The molecule has 0 amide bonds. The van der Waals surface area contributed by atoms with Crippen molar-refractivity contribution in [1.82, 2.24) is 0 Å². The van der Waals surface area contributed by atoms with Gasteiger partial charge in [0.05, 0.1) is 24.7 Å². The molecular weight excluding hydrogens is 249 g/mol. The Bertz CT molecular complexity index is 429. The lowest BCUT2D eigenvalue weighted by Crippen LogP contribution is -2.08. The molecule has 1 rings (SSSR count). The summed E-state index contributed by atoms with van der Waals surface area (Å²) in [6, 6.07) is 4.88. The zero-order valence-electron chi connectivity index (χ0n) is 8.59. The van der Waals surface area contributed by atoms with E-state index in [1.807, 2.05) is 6.07 Å². The third-order valence-electron chi connectivity index (χ3n) is 1.90. The van der Waals surface area contributed by atoms with Gasteiger partial charge in [-0.2, -0.15) is 5.26 Å². The van der Waals surface area contributed by atoms with E-state index in [0.29, 0.717) is 27.8 Å². The summed E-state index contributed by atoms with van der Waals surface area (Å²) in [4.78, 5) is 11.3. The van der Waals surface area contributed by atoms with Crippen LogP contribution in [-0.4, -0.2) is 12.6 Å². The summed E-state index contributed by atoms with van der Waals surface area (Å²) in [5, 5.41) is 9.29. The lowest BCUT2D eigenvalue weighted by Gasteiger charge is -2.07. The molecule has 84 valence electrons. The number of halogens is 2. The molecule has 0 aliphatic carbocycles. The number of carbonyl (C=O) groups is 1. The predicted molar refractivity (Wildman–Crippen MR) is 61.5 cm³/mol. The summed E-state index contributed by atoms with van der Waals surface area (Å²) in [6.45, 7) is 2.03. The molecule has 0 saturated carbocycles. The molecule has 1 aromatic rings. The molecule has 0 heterocycles. The number of benzene rings is 1. The molecule has 0 N–H and O–H groups in total. The van der Waals surface area contributed by atoms with Gasteiger partial charge in [-0.25, -0.2) is 0 Å². The van der Waals surface area contributed by atoms with Crippen molar-refractivity contribution in [3.05, 3.63) is 33.3 Å².